The van der Waals surface area contributed by atoms with Gasteiger partial charge in [0.2, 0.25) is 0 Å². The molecule has 5 atom stereocenters. The molecule has 0 aliphatic rings. The van der Waals surface area contributed by atoms with Crippen LogP contribution in [0.4, 0.5) is 0 Å². The number of ether oxygens (including phenoxy) is 4. The third-order valence-electron chi connectivity index (χ3n) is 18.3. The Kier molecular flexibility index (Phi) is 74.0. The lowest BCUT2D eigenvalue weighted by Gasteiger charge is -2.21. The SMILES string of the molecule is CCCCC/C=C\C/C=C\CCCCCCCC(=O)OC[C@H](COP(=O)(O)OC[C@@H](O)COP(=O)(O)OC[C@@H](COC(=O)CCCCCCCCCCCCCCCCCCC)OC(=O)CCCCCCCCCCCCCCCCC)OC(=O)CCCCCCC/C=C\C/C=C\CCCCC. The summed E-state index contributed by atoms with van der Waals surface area (Å²) in [5, 5.41) is 10.7. The van der Waals surface area contributed by atoms with Gasteiger partial charge in [-0.2, -0.15) is 0 Å². The summed E-state index contributed by atoms with van der Waals surface area (Å²) in [5.41, 5.74) is 0. The fourth-order valence-corrected chi connectivity index (χ4v) is 13.5. The van der Waals surface area contributed by atoms with Crippen molar-refractivity contribution in [3.8, 4) is 0 Å². The first-order valence-electron chi connectivity index (χ1n) is 41.9. The largest absolute Gasteiger partial charge is 0.472 e. The Balaban J connectivity index is 5.32. The zero-order valence-corrected chi connectivity index (χ0v) is 67.3. The second-order valence-electron chi connectivity index (χ2n) is 28.4. The molecule has 0 heterocycles. The summed E-state index contributed by atoms with van der Waals surface area (Å²) < 4.78 is 68.7. The third kappa shape index (κ3) is 75.3. The van der Waals surface area contributed by atoms with E-state index in [0.717, 1.165) is 135 Å². The van der Waals surface area contributed by atoms with E-state index in [2.05, 4.69) is 76.3 Å². The zero-order chi connectivity index (χ0) is 74.6. The van der Waals surface area contributed by atoms with E-state index in [-0.39, 0.29) is 25.7 Å². The summed E-state index contributed by atoms with van der Waals surface area (Å²) in [5.74, 6) is -2.16. The summed E-state index contributed by atoms with van der Waals surface area (Å²) >= 11 is 0. The van der Waals surface area contributed by atoms with Gasteiger partial charge in [0.05, 0.1) is 26.4 Å². The molecule has 0 aromatic carbocycles. The molecule has 0 fully saturated rings. The van der Waals surface area contributed by atoms with Gasteiger partial charge < -0.3 is 33.8 Å². The monoisotopic (exact) mass is 1490 g/mol. The van der Waals surface area contributed by atoms with Gasteiger partial charge in [-0.3, -0.25) is 37.3 Å². The van der Waals surface area contributed by atoms with Crippen molar-refractivity contribution < 1.29 is 80.2 Å². The van der Waals surface area contributed by atoms with Crippen molar-refractivity contribution in [2.24, 2.45) is 0 Å². The van der Waals surface area contributed by atoms with E-state index in [4.69, 9.17) is 37.0 Å². The molecule has 598 valence electrons. The van der Waals surface area contributed by atoms with E-state index in [0.29, 0.717) is 25.7 Å². The van der Waals surface area contributed by atoms with E-state index in [9.17, 15) is 43.2 Å². The standard InChI is InChI=1S/C83H154O17P2/c1-5-9-13-17-21-25-29-33-37-38-42-44-48-52-56-60-64-68-81(86)94-74-79(100-83(88)70-66-62-58-54-50-46-41-36-32-28-24-20-16-12-8-4)76-98-102(91,92)96-72-77(84)71-95-101(89,90)97-75-78(99-82(87)69-65-61-57-53-49-45-40-35-31-27-23-19-15-11-7-3)73-93-80(85)67-63-59-55-51-47-43-39-34-30-26-22-18-14-10-6-2/h22-23,26-27,34-35,39-40,77-79,84H,5-21,24-25,28-33,36-38,41-76H2,1-4H3,(H,89,90)(H,91,92)/b26-22-,27-23-,39-34-,40-35-/t77-,78-,79-/m1/s1. The van der Waals surface area contributed by atoms with Crippen molar-refractivity contribution in [3.63, 3.8) is 0 Å². The van der Waals surface area contributed by atoms with Crippen LogP contribution in [-0.4, -0.2) is 96.7 Å². The van der Waals surface area contributed by atoms with Crippen molar-refractivity contribution in [2.45, 2.75) is 418 Å². The molecule has 0 radical (unpaired) electrons. The molecule has 0 aromatic heterocycles. The number of hydrogen-bond donors (Lipinski definition) is 3. The summed E-state index contributed by atoms with van der Waals surface area (Å²) in [4.78, 5) is 73.1. The minimum atomic E-state index is -4.98. The molecule has 0 rings (SSSR count). The average molecular weight is 1490 g/mol. The third-order valence-corrected chi connectivity index (χ3v) is 20.2. The van der Waals surface area contributed by atoms with Crippen LogP contribution in [-0.2, 0) is 65.4 Å². The Morgan fingerprint density at radius 1 is 0.275 bits per heavy atom. The number of unbranched alkanes of at least 4 members (excludes halogenated alkanes) is 46. The first-order valence-corrected chi connectivity index (χ1v) is 44.9. The van der Waals surface area contributed by atoms with Gasteiger partial charge in [-0.25, -0.2) is 9.13 Å². The molecule has 0 aromatic rings. The first kappa shape index (κ1) is 99.0. The van der Waals surface area contributed by atoms with Gasteiger partial charge in [0, 0.05) is 25.7 Å². The predicted molar refractivity (Wildman–Crippen MR) is 418 cm³/mol. The van der Waals surface area contributed by atoms with Crippen LogP contribution in [0.2, 0.25) is 0 Å². The molecule has 19 heteroatoms. The Morgan fingerprint density at radius 2 is 0.480 bits per heavy atom. The molecule has 3 N–H and O–H groups in total. The number of rotatable bonds is 80. The van der Waals surface area contributed by atoms with E-state index in [1.165, 1.54) is 186 Å². The molecule has 2 unspecified atom stereocenters. The lowest BCUT2D eigenvalue weighted by molar-refractivity contribution is -0.161. The van der Waals surface area contributed by atoms with Crippen LogP contribution in [0.15, 0.2) is 48.6 Å². The molecule has 17 nitrogen and oxygen atoms in total. The van der Waals surface area contributed by atoms with E-state index in [1.54, 1.807) is 0 Å². The Bertz CT molecular complexity index is 2120. The van der Waals surface area contributed by atoms with Gasteiger partial charge in [-0.15, -0.1) is 0 Å². The molecule has 0 saturated carbocycles. The Hall–Kier alpha value is -2.98. The molecule has 0 aliphatic heterocycles. The molecule has 0 spiro atoms. The fourth-order valence-electron chi connectivity index (χ4n) is 11.9. The highest BCUT2D eigenvalue weighted by atomic mass is 31.2. The van der Waals surface area contributed by atoms with Gasteiger partial charge >= 0.3 is 39.5 Å². The number of aliphatic hydroxyl groups is 1. The highest BCUT2D eigenvalue weighted by Crippen LogP contribution is 2.45. The van der Waals surface area contributed by atoms with Crippen LogP contribution in [0.1, 0.15) is 400 Å². The summed E-state index contributed by atoms with van der Waals surface area (Å²) in [6, 6.07) is 0. The van der Waals surface area contributed by atoms with Gasteiger partial charge in [0.1, 0.15) is 19.3 Å². The molecule has 0 amide bonds. The highest BCUT2D eigenvalue weighted by Gasteiger charge is 2.30. The molecular weight excluding hydrogens is 1330 g/mol. The summed E-state index contributed by atoms with van der Waals surface area (Å²) in [7, 11) is -9.95. The first-order chi connectivity index (χ1) is 49.7. The number of carbonyl (C=O) groups is 4. The number of phosphoric acid groups is 2. The van der Waals surface area contributed by atoms with Crippen LogP contribution in [0.25, 0.3) is 0 Å². The maximum atomic E-state index is 13.1. The lowest BCUT2D eigenvalue weighted by Crippen LogP contribution is -2.30. The number of phosphoric ester groups is 2. The maximum Gasteiger partial charge on any atom is 0.472 e. The van der Waals surface area contributed by atoms with E-state index >= 15 is 0 Å². The molecule has 0 saturated heterocycles. The molecule has 102 heavy (non-hydrogen) atoms. The number of allylic oxidation sites excluding steroid dienone is 8. The fraction of sp³-hybridized carbons (Fsp3) is 0.855. The molecular formula is C83H154O17P2. The normalized spacial score (nSPS) is 14.1. The van der Waals surface area contributed by atoms with Crippen LogP contribution in [0, 0.1) is 0 Å². The van der Waals surface area contributed by atoms with Crippen molar-refractivity contribution >= 4 is 39.5 Å². The minimum Gasteiger partial charge on any atom is -0.462 e. The topological polar surface area (TPSA) is 237 Å². The zero-order valence-electron chi connectivity index (χ0n) is 65.6. The van der Waals surface area contributed by atoms with Crippen molar-refractivity contribution in [1.29, 1.82) is 0 Å². The van der Waals surface area contributed by atoms with Crippen LogP contribution in [0.3, 0.4) is 0 Å². The highest BCUT2D eigenvalue weighted by molar-refractivity contribution is 7.47. The quantitative estimate of drug-likeness (QED) is 0.0169. The van der Waals surface area contributed by atoms with Gasteiger partial charge in [-0.1, -0.05) is 333 Å². The van der Waals surface area contributed by atoms with Crippen molar-refractivity contribution in [3.05, 3.63) is 48.6 Å². The Morgan fingerprint density at radius 3 is 0.745 bits per heavy atom. The molecule has 0 aliphatic carbocycles. The minimum absolute atomic E-state index is 0.0807. The summed E-state index contributed by atoms with van der Waals surface area (Å²) in [6.45, 7) is 4.90. The summed E-state index contributed by atoms with van der Waals surface area (Å²) in [6.07, 6.45) is 75.0. The number of aliphatic hydroxyl groups excluding tert-OH is 1. The number of hydrogen-bond acceptors (Lipinski definition) is 15. The van der Waals surface area contributed by atoms with Gasteiger partial charge in [0.25, 0.3) is 0 Å². The second-order valence-corrected chi connectivity index (χ2v) is 31.3. The predicted octanol–water partition coefficient (Wildman–Crippen LogP) is 24.5. The Labute approximate surface area is 623 Å². The van der Waals surface area contributed by atoms with Gasteiger partial charge in [-0.05, 0) is 89.9 Å². The maximum absolute atomic E-state index is 13.1. The van der Waals surface area contributed by atoms with Crippen LogP contribution < -0.4 is 0 Å². The molecule has 0 bridgehead atoms. The van der Waals surface area contributed by atoms with Crippen LogP contribution in [0.5, 0.6) is 0 Å². The lowest BCUT2D eigenvalue weighted by atomic mass is 10.0. The van der Waals surface area contributed by atoms with Crippen molar-refractivity contribution in [1.82, 2.24) is 0 Å². The van der Waals surface area contributed by atoms with Crippen molar-refractivity contribution in [2.75, 3.05) is 39.6 Å². The smallest absolute Gasteiger partial charge is 0.462 e. The second kappa shape index (κ2) is 76.2. The van der Waals surface area contributed by atoms with Gasteiger partial charge in [0.15, 0.2) is 12.2 Å². The van der Waals surface area contributed by atoms with Crippen LogP contribution >= 0.6 is 15.6 Å². The number of carbonyl (C=O) groups excluding carboxylic acids is 4. The average Bonchev–Trinajstić information content (AvgIpc) is 0.926. The van der Waals surface area contributed by atoms with E-state index in [1.807, 2.05) is 0 Å². The van der Waals surface area contributed by atoms with E-state index < -0.39 is 97.5 Å². The number of esters is 4.